The quantitative estimate of drug-likeness (QED) is 0.772. The fraction of sp³-hybridized carbons (Fsp3) is 0.571. The van der Waals surface area contributed by atoms with Gasteiger partial charge >= 0.3 is 0 Å². The molecule has 0 radical (unpaired) electrons. The zero-order chi connectivity index (χ0) is 12.3. The van der Waals surface area contributed by atoms with Crippen LogP contribution in [0.1, 0.15) is 43.9 Å². The molecule has 0 saturated heterocycles. The lowest BCUT2D eigenvalue weighted by Crippen LogP contribution is -2.17. The van der Waals surface area contributed by atoms with Crippen molar-refractivity contribution in [1.29, 1.82) is 0 Å². The molecular formula is C14H23NO. The molecule has 1 aromatic rings. The number of benzene rings is 1. The van der Waals surface area contributed by atoms with Crippen molar-refractivity contribution in [2.24, 2.45) is 0 Å². The van der Waals surface area contributed by atoms with Gasteiger partial charge in [0.25, 0.3) is 0 Å². The van der Waals surface area contributed by atoms with E-state index in [0.717, 1.165) is 5.75 Å². The van der Waals surface area contributed by atoms with Gasteiger partial charge in [0, 0.05) is 11.6 Å². The summed E-state index contributed by atoms with van der Waals surface area (Å²) < 4.78 is 5.48. The standard InChI is InChI=1S/C14H23NO/c1-10(2)12-7-8-13(11(3)15(4)5)14(9-12)16-6/h7-11H,1-6H3. The van der Waals surface area contributed by atoms with Crippen molar-refractivity contribution < 1.29 is 4.74 Å². The van der Waals surface area contributed by atoms with Crippen molar-refractivity contribution in [1.82, 2.24) is 4.90 Å². The summed E-state index contributed by atoms with van der Waals surface area (Å²) >= 11 is 0. The summed E-state index contributed by atoms with van der Waals surface area (Å²) in [6, 6.07) is 6.90. The Morgan fingerprint density at radius 2 is 1.75 bits per heavy atom. The Balaban J connectivity index is 3.11. The summed E-state index contributed by atoms with van der Waals surface area (Å²) in [5.41, 5.74) is 2.57. The Morgan fingerprint density at radius 3 is 2.19 bits per heavy atom. The molecule has 0 aromatic heterocycles. The Hall–Kier alpha value is -1.02. The van der Waals surface area contributed by atoms with Gasteiger partial charge in [0.1, 0.15) is 5.75 Å². The molecule has 2 heteroatoms. The lowest BCUT2D eigenvalue weighted by molar-refractivity contribution is 0.308. The van der Waals surface area contributed by atoms with E-state index in [0.29, 0.717) is 12.0 Å². The van der Waals surface area contributed by atoms with Crippen molar-refractivity contribution in [3.63, 3.8) is 0 Å². The number of ether oxygens (including phenoxy) is 1. The predicted molar refractivity (Wildman–Crippen MR) is 69.2 cm³/mol. The third-order valence-electron chi connectivity index (χ3n) is 3.15. The van der Waals surface area contributed by atoms with Gasteiger partial charge in [-0.25, -0.2) is 0 Å². The molecule has 1 aromatic carbocycles. The number of hydrogen-bond donors (Lipinski definition) is 0. The van der Waals surface area contributed by atoms with Crippen LogP contribution in [0.2, 0.25) is 0 Å². The lowest BCUT2D eigenvalue weighted by Gasteiger charge is -2.23. The van der Waals surface area contributed by atoms with Gasteiger partial charge in [-0.2, -0.15) is 0 Å². The van der Waals surface area contributed by atoms with Crippen LogP contribution in [0, 0.1) is 0 Å². The highest BCUT2D eigenvalue weighted by Crippen LogP contribution is 2.30. The van der Waals surface area contributed by atoms with E-state index in [4.69, 9.17) is 4.74 Å². The monoisotopic (exact) mass is 221 g/mol. The number of nitrogens with zero attached hydrogens (tertiary/aromatic N) is 1. The maximum Gasteiger partial charge on any atom is 0.123 e. The first-order valence-corrected chi connectivity index (χ1v) is 5.81. The lowest BCUT2D eigenvalue weighted by atomic mass is 9.98. The van der Waals surface area contributed by atoms with Crippen LogP contribution < -0.4 is 4.74 Å². The van der Waals surface area contributed by atoms with Crippen LogP contribution in [-0.4, -0.2) is 26.1 Å². The molecule has 0 saturated carbocycles. The molecule has 90 valence electrons. The van der Waals surface area contributed by atoms with E-state index < -0.39 is 0 Å². The normalized spacial score (nSPS) is 13.2. The van der Waals surface area contributed by atoms with Gasteiger partial charge in [0.05, 0.1) is 7.11 Å². The maximum absolute atomic E-state index is 5.48. The largest absolute Gasteiger partial charge is 0.496 e. The van der Waals surface area contributed by atoms with Crippen molar-refractivity contribution in [2.45, 2.75) is 32.7 Å². The minimum absolute atomic E-state index is 0.371. The average molecular weight is 221 g/mol. The molecule has 0 aliphatic rings. The molecular weight excluding hydrogens is 198 g/mol. The first-order chi connectivity index (χ1) is 7.47. The van der Waals surface area contributed by atoms with Gasteiger partial charge in [-0.05, 0) is 38.6 Å². The molecule has 1 unspecified atom stereocenters. The molecule has 0 heterocycles. The predicted octanol–water partition coefficient (Wildman–Crippen LogP) is 3.44. The molecule has 2 nitrogen and oxygen atoms in total. The third kappa shape index (κ3) is 2.76. The molecule has 0 spiro atoms. The minimum atomic E-state index is 0.371. The van der Waals surface area contributed by atoms with Crippen molar-refractivity contribution in [2.75, 3.05) is 21.2 Å². The second kappa shape index (κ2) is 5.35. The van der Waals surface area contributed by atoms with Gasteiger partial charge in [-0.3, -0.25) is 0 Å². The Kier molecular flexibility index (Phi) is 4.36. The highest BCUT2D eigenvalue weighted by atomic mass is 16.5. The van der Waals surface area contributed by atoms with Gasteiger partial charge in [-0.15, -0.1) is 0 Å². The van der Waals surface area contributed by atoms with Crippen LogP contribution in [0.3, 0.4) is 0 Å². The Morgan fingerprint density at radius 1 is 1.12 bits per heavy atom. The van der Waals surface area contributed by atoms with E-state index in [1.807, 2.05) is 0 Å². The molecule has 0 amide bonds. The second-order valence-electron chi connectivity index (χ2n) is 4.80. The zero-order valence-electron chi connectivity index (χ0n) is 11.2. The maximum atomic E-state index is 5.48. The van der Waals surface area contributed by atoms with Gasteiger partial charge in [0.15, 0.2) is 0 Å². The van der Waals surface area contributed by atoms with Crippen LogP contribution in [-0.2, 0) is 0 Å². The summed E-state index contributed by atoms with van der Waals surface area (Å²) in [6.45, 7) is 6.58. The van der Waals surface area contributed by atoms with E-state index in [-0.39, 0.29) is 0 Å². The summed E-state index contributed by atoms with van der Waals surface area (Å²) in [5.74, 6) is 1.53. The first-order valence-electron chi connectivity index (χ1n) is 5.81. The molecule has 1 atom stereocenters. The summed E-state index contributed by atoms with van der Waals surface area (Å²) in [7, 11) is 5.91. The van der Waals surface area contributed by atoms with Crippen LogP contribution in [0.25, 0.3) is 0 Å². The molecule has 0 aliphatic carbocycles. The Labute approximate surface area is 99.2 Å². The van der Waals surface area contributed by atoms with E-state index in [1.54, 1.807) is 7.11 Å². The summed E-state index contributed by atoms with van der Waals surface area (Å²) in [6.07, 6.45) is 0. The summed E-state index contributed by atoms with van der Waals surface area (Å²) in [4.78, 5) is 2.19. The highest BCUT2D eigenvalue weighted by Gasteiger charge is 2.14. The van der Waals surface area contributed by atoms with Gasteiger partial charge in [-0.1, -0.05) is 26.0 Å². The van der Waals surface area contributed by atoms with Crippen molar-refractivity contribution in [3.8, 4) is 5.75 Å². The number of hydrogen-bond acceptors (Lipinski definition) is 2. The fourth-order valence-corrected chi connectivity index (χ4v) is 1.71. The molecule has 1 rings (SSSR count). The van der Waals surface area contributed by atoms with Crippen LogP contribution in [0.5, 0.6) is 5.75 Å². The zero-order valence-corrected chi connectivity index (χ0v) is 11.2. The van der Waals surface area contributed by atoms with E-state index in [1.165, 1.54) is 11.1 Å². The highest BCUT2D eigenvalue weighted by molar-refractivity contribution is 5.40. The SMILES string of the molecule is COc1cc(C(C)C)ccc1C(C)N(C)C. The van der Waals surface area contributed by atoms with Crippen LogP contribution in [0.4, 0.5) is 0 Å². The first kappa shape index (κ1) is 13.0. The van der Waals surface area contributed by atoms with Crippen molar-refractivity contribution in [3.05, 3.63) is 29.3 Å². The smallest absolute Gasteiger partial charge is 0.123 e. The van der Waals surface area contributed by atoms with Crippen LogP contribution >= 0.6 is 0 Å². The van der Waals surface area contributed by atoms with Crippen molar-refractivity contribution >= 4 is 0 Å². The summed E-state index contributed by atoms with van der Waals surface area (Å²) in [5, 5.41) is 0. The van der Waals surface area contributed by atoms with E-state index in [2.05, 4.69) is 58.0 Å². The molecule has 16 heavy (non-hydrogen) atoms. The second-order valence-corrected chi connectivity index (χ2v) is 4.80. The number of rotatable bonds is 4. The van der Waals surface area contributed by atoms with Gasteiger partial charge in [0.2, 0.25) is 0 Å². The number of methoxy groups -OCH3 is 1. The molecule has 0 aliphatic heterocycles. The molecule has 0 fully saturated rings. The van der Waals surface area contributed by atoms with Gasteiger partial charge < -0.3 is 9.64 Å². The van der Waals surface area contributed by atoms with Crippen LogP contribution in [0.15, 0.2) is 18.2 Å². The minimum Gasteiger partial charge on any atom is -0.496 e. The topological polar surface area (TPSA) is 12.5 Å². The van der Waals surface area contributed by atoms with E-state index in [9.17, 15) is 0 Å². The molecule has 0 N–H and O–H groups in total. The fourth-order valence-electron chi connectivity index (χ4n) is 1.71. The Bertz CT molecular complexity index is 345. The van der Waals surface area contributed by atoms with E-state index >= 15 is 0 Å². The third-order valence-corrected chi connectivity index (χ3v) is 3.15. The average Bonchev–Trinajstić information content (AvgIpc) is 2.26. The molecule has 0 bridgehead atoms.